The molecule has 1 saturated heterocycles. The fourth-order valence-corrected chi connectivity index (χ4v) is 3.51. The van der Waals surface area contributed by atoms with Crippen molar-refractivity contribution in [2.24, 2.45) is 5.92 Å². The van der Waals surface area contributed by atoms with E-state index < -0.39 is 0 Å². The van der Waals surface area contributed by atoms with Crippen LogP contribution in [0.25, 0.3) is 0 Å². The minimum Gasteiger partial charge on any atom is -0.454 e. The molecule has 7 nitrogen and oxygen atoms in total. The van der Waals surface area contributed by atoms with Gasteiger partial charge in [-0.15, -0.1) is 0 Å². The summed E-state index contributed by atoms with van der Waals surface area (Å²) < 4.78 is 10.8. The molecule has 1 saturated carbocycles. The molecular weight excluding hydrogens is 298 g/mol. The normalized spacial score (nSPS) is 22.1. The molecule has 4 rings (SSSR count). The van der Waals surface area contributed by atoms with Crippen LogP contribution < -0.4 is 14.8 Å². The molecule has 0 bridgehead atoms. The number of nitro groups is 1. The molecule has 0 unspecified atom stereocenters. The first kappa shape index (κ1) is 14.7. The standard InChI is InChI=1S/C16H21N3O4/c20-19(21)14-9-16-15(22-10-23-16)8-12(14)13(7-11-1-2-11)18-5-3-17-4-6-18/h8-9,11,13,17H,1-7,10H2/t13-/m1/s1. The van der Waals surface area contributed by atoms with Gasteiger partial charge >= 0.3 is 0 Å². The van der Waals surface area contributed by atoms with Crippen LogP contribution in [0.3, 0.4) is 0 Å². The maximum absolute atomic E-state index is 11.6. The van der Waals surface area contributed by atoms with Crippen LogP contribution in [0.5, 0.6) is 11.5 Å². The van der Waals surface area contributed by atoms with Crippen LogP contribution in [0, 0.1) is 16.0 Å². The molecular formula is C16H21N3O4. The molecule has 23 heavy (non-hydrogen) atoms. The first-order valence-electron chi connectivity index (χ1n) is 8.25. The molecule has 1 aliphatic carbocycles. The Bertz CT molecular complexity index is 612. The van der Waals surface area contributed by atoms with E-state index in [-0.39, 0.29) is 23.4 Å². The van der Waals surface area contributed by atoms with Crippen LogP contribution in [-0.4, -0.2) is 42.8 Å². The Morgan fingerprint density at radius 3 is 2.61 bits per heavy atom. The lowest BCUT2D eigenvalue weighted by atomic mass is 9.96. The zero-order valence-corrected chi connectivity index (χ0v) is 13.0. The van der Waals surface area contributed by atoms with Crippen molar-refractivity contribution in [3.63, 3.8) is 0 Å². The maximum Gasteiger partial charge on any atom is 0.278 e. The zero-order valence-electron chi connectivity index (χ0n) is 13.0. The van der Waals surface area contributed by atoms with Gasteiger partial charge in [0.25, 0.3) is 5.69 Å². The van der Waals surface area contributed by atoms with Crippen LogP contribution >= 0.6 is 0 Å². The van der Waals surface area contributed by atoms with E-state index in [9.17, 15) is 10.1 Å². The number of benzene rings is 1. The molecule has 0 spiro atoms. The molecule has 2 heterocycles. The number of nitrogens with zero attached hydrogens (tertiary/aromatic N) is 2. The van der Waals surface area contributed by atoms with Crippen molar-refractivity contribution < 1.29 is 14.4 Å². The molecule has 124 valence electrons. The summed E-state index contributed by atoms with van der Waals surface area (Å²) in [5.74, 6) is 1.80. The highest BCUT2D eigenvalue weighted by Gasteiger charge is 2.35. The van der Waals surface area contributed by atoms with Crippen molar-refractivity contribution in [2.45, 2.75) is 25.3 Å². The summed E-state index contributed by atoms with van der Waals surface area (Å²) in [6.07, 6.45) is 3.46. The Morgan fingerprint density at radius 2 is 1.96 bits per heavy atom. The van der Waals surface area contributed by atoms with Gasteiger partial charge in [-0.2, -0.15) is 0 Å². The average molecular weight is 319 g/mol. The molecule has 3 aliphatic rings. The highest BCUT2D eigenvalue weighted by atomic mass is 16.7. The largest absolute Gasteiger partial charge is 0.454 e. The molecule has 0 radical (unpaired) electrons. The Morgan fingerprint density at radius 1 is 1.26 bits per heavy atom. The monoisotopic (exact) mass is 319 g/mol. The van der Waals surface area contributed by atoms with Gasteiger partial charge in [0.2, 0.25) is 6.79 Å². The van der Waals surface area contributed by atoms with Gasteiger partial charge in [0.15, 0.2) is 11.5 Å². The van der Waals surface area contributed by atoms with Crippen molar-refractivity contribution in [1.29, 1.82) is 0 Å². The Kier molecular flexibility index (Phi) is 3.82. The molecule has 1 atom stereocenters. The second kappa shape index (κ2) is 5.98. The fourth-order valence-electron chi connectivity index (χ4n) is 3.51. The topological polar surface area (TPSA) is 76.9 Å². The summed E-state index contributed by atoms with van der Waals surface area (Å²) in [5.41, 5.74) is 0.923. The van der Waals surface area contributed by atoms with Crippen molar-refractivity contribution in [2.75, 3.05) is 33.0 Å². The third kappa shape index (κ3) is 2.98. The highest BCUT2D eigenvalue weighted by molar-refractivity contribution is 5.56. The molecule has 2 fully saturated rings. The summed E-state index contributed by atoms with van der Waals surface area (Å²) in [7, 11) is 0. The molecule has 1 N–H and O–H groups in total. The number of piperazine rings is 1. The zero-order chi connectivity index (χ0) is 15.8. The van der Waals surface area contributed by atoms with Crippen LogP contribution in [0.1, 0.15) is 30.9 Å². The lowest BCUT2D eigenvalue weighted by molar-refractivity contribution is -0.386. The van der Waals surface area contributed by atoms with Crippen molar-refractivity contribution in [3.05, 3.63) is 27.8 Å². The minimum atomic E-state index is -0.292. The lowest BCUT2D eigenvalue weighted by Gasteiger charge is -2.35. The van der Waals surface area contributed by atoms with Crippen molar-refractivity contribution in [3.8, 4) is 11.5 Å². The van der Waals surface area contributed by atoms with E-state index in [0.717, 1.165) is 38.2 Å². The molecule has 7 heteroatoms. The van der Waals surface area contributed by atoms with E-state index in [1.807, 2.05) is 6.07 Å². The second-order valence-electron chi connectivity index (χ2n) is 6.50. The number of rotatable bonds is 5. The molecule has 0 amide bonds. The van der Waals surface area contributed by atoms with Crippen molar-refractivity contribution >= 4 is 5.69 Å². The maximum atomic E-state index is 11.6. The van der Waals surface area contributed by atoms with E-state index in [1.54, 1.807) is 0 Å². The predicted octanol–water partition coefficient (Wildman–Crippen LogP) is 2.07. The Balaban J connectivity index is 1.72. The average Bonchev–Trinajstić information content (AvgIpc) is 3.27. The first-order valence-corrected chi connectivity index (χ1v) is 8.25. The van der Waals surface area contributed by atoms with Gasteiger partial charge in [-0.3, -0.25) is 15.0 Å². The van der Waals surface area contributed by atoms with E-state index in [4.69, 9.17) is 9.47 Å². The van der Waals surface area contributed by atoms with Crippen molar-refractivity contribution in [1.82, 2.24) is 10.2 Å². The Hall–Kier alpha value is -1.86. The lowest BCUT2D eigenvalue weighted by Crippen LogP contribution is -2.45. The number of fused-ring (bicyclic) bond motifs is 1. The third-order valence-electron chi connectivity index (χ3n) is 4.92. The molecule has 2 aliphatic heterocycles. The third-order valence-corrected chi connectivity index (χ3v) is 4.92. The number of hydrogen-bond donors (Lipinski definition) is 1. The van der Waals surface area contributed by atoms with E-state index in [2.05, 4.69) is 10.2 Å². The van der Waals surface area contributed by atoms with Gasteiger partial charge in [0.05, 0.1) is 16.6 Å². The molecule has 1 aromatic carbocycles. The second-order valence-corrected chi connectivity index (χ2v) is 6.50. The number of nitro benzene ring substituents is 1. The van der Waals surface area contributed by atoms with E-state index in [1.165, 1.54) is 18.9 Å². The van der Waals surface area contributed by atoms with Gasteiger partial charge in [-0.05, 0) is 18.4 Å². The number of nitrogens with one attached hydrogen (secondary N) is 1. The molecule has 0 aromatic heterocycles. The quantitative estimate of drug-likeness (QED) is 0.661. The summed E-state index contributed by atoms with van der Waals surface area (Å²) in [5, 5.41) is 14.9. The summed E-state index contributed by atoms with van der Waals surface area (Å²) in [6.45, 7) is 3.84. The summed E-state index contributed by atoms with van der Waals surface area (Å²) in [4.78, 5) is 13.7. The smallest absolute Gasteiger partial charge is 0.278 e. The number of hydrogen-bond acceptors (Lipinski definition) is 6. The van der Waals surface area contributed by atoms with Gasteiger partial charge in [0, 0.05) is 32.2 Å². The SMILES string of the molecule is O=[N+]([O-])c1cc2c(cc1[C@@H](CC1CC1)N1CCNCC1)OCO2. The van der Waals surface area contributed by atoms with Gasteiger partial charge in [-0.1, -0.05) is 12.8 Å². The van der Waals surface area contributed by atoms with Gasteiger partial charge in [0.1, 0.15) is 0 Å². The first-order chi connectivity index (χ1) is 11.2. The summed E-state index contributed by atoms with van der Waals surface area (Å²) >= 11 is 0. The summed E-state index contributed by atoms with van der Waals surface area (Å²) in [6, 6.07) is 3.44. The minimum absolute atomic E-state index is 0.0829. The van der Waals surface area contributed by atoms with Crippen LogP contribution in [0.15, 0.2) is 12.1 Å². The van der Waals surface area contributed by atoms with E-state index >= 15 is 0 Å². The van der Waals surface area contributed by atoms with Crippen LogP contribution in [0.2, 0.25) is 0 Å². The highest BCUT2D eigenvalue weighted by Crippen LogP contribution is 2.46. The Labute approximate surface area is 134 Å². The van der Waals surface area contributed by atoms with Gasteiger partial charge < -0.3 is 14.8 Å². The van der Waals surface area contributed by atoms with Crippen LogP contribution in [0.4, 0.5) is 5.69 Å². The van der Waals surface area contributed by atoms with E-state index in [0.29, 0.717) is 17.4 Å². The van der Waals surface area contributed by atoms with Crippen LogP contribution in [-0.2, 0) is 0 Å². The number of ether oxygens (including phenoxy) is 2. The fraction of sp³-hybridized carbons (Fsp3) is 0.625. The predicted molar refractivity (Wildman–Crippen MR) is 83.7 cm³/mol. The molecule has 1 aromatic rings. The van der Waals surface area contributed by atoms with Gasteiger partial charge in [-0.25, -0.2) is 0 Å².